The third-order valence-electron chi connectivity index (χ3n) is 2.23. The predicted molar refractivity (Wildman–Crippen MR) is 68.4 cm³/mol. The molecule has 3 rings (SSSR count). The molecule has 3 heteroatoms. The van der Waals surface area contributed by atoms with Crippen molar-refractivity contribution in [1.29, 1.82) is 0 Å². The van der Waals surface area contributed by atoms with E-state index >= 15 is 0 Å². The molecule has 0 saturated carbocycles. The van der Waals surface area contributed by atoms with Crippen molar-refractivity contribution in [2.45, 2.75) is 0 Å². The molecule has 2 nitrogen and oxygen atoms in total. The second kappa shape index (κ2) is 8.38. The van der Waals surface area contributed by atoms with E-state index in [0.29, 0.717) is 0 Å². The molecule has 0 fully saturated rings. The summed E-state index contributed by atoms with van der Waals surface area (Å²) in [6, 6.07) is 20.8. The molecule has 0 amide bonds. The standard InChI is InChI=1S/C12H10.C3H3NO.Ru/c1-3-7-11(8-4-1)12-9-5-2-6-10-12;1-2-5-3-4-1;/h1-10H;1-3H;. The van der Waals surface area contributed by atoms with Gasteiger partial charge in [0.15, 0.2) is 6.39 Å². The van der Waals surface area contributed by atoms with Gasteiger partial charge in [-0.15, -0.1) is 0 Å². The SMILES string of the molecule is [Ru].c1ccc(-c2ccccc2)cc1.c1cocn1. The smallest absolute Gasteiger partial charge is 0.180 e. The minimum Gasteiger partial charge on any atom is -0.452 e. The number of benzene rings is 2. The van der Waals surface area contributed by atoms with Gasteiger partial charge in [-0.25, -0.2) is 4.98 Å². The number of rotatable bonds is 1. The summed E-state index contributed by atoms with van der Waals surface area (Å²) in [7, 11) is 0. The van der Waals surface area contributed by atoms with E-state index in [9.17, 15) is 0 Å². The van der Waals surface area contributed by atoms with Gasteiger partial charge >= 0.3 is 0 Å². The molecule has 0 bridgehead atoms. The Morgan fingerprint density at radius 3 is 1.50 bits per heavy atom. The second-order valence-electron chi connectivity index (χ2n) is 3.41. The molecule has 0 aliphatic carbocycles. The number of oxazole rings is 1. The van der Waals surface area contributed by atoms with E-state index in [2.05, 4.69) is 57.9 Å². The molecular weight excluding hydrogens is 311 g/mol. The summed E-state index contributed by atoms with van der Waals surface area (Å²) < 4.78 is 4.47. The van der Waals surface area contributed by atoms with E-state index in [1.165, 1.54) is 23.8 Å². The zero-order valence-electron chi connectivity index (χ0n) is 9.71. The molecule has 0 spiro atoms. The van der Waals surface area contributed by atoms with Gasteiger partial charge in [0.25, 0.3) is 0 Å². The molecule has 0 N–H and O–H groups in total. The Labute approximate surface area is 119 Å². The first-order chi connectivity index (χ1) is 8.47. The maximum Gasteiger partial charge on any atom is 0.180 e. The van der Waals surface area contributed by atoms with Crippen LogP contribution in [0.2, 0.25) is 0 Å². The molecule has 3 aromatic rings. The average molecular weight is 324 g/mol. The molecule has 1 heterocycles. The van der Waals surface area contributed by atoms with Crippen molar-refractivity contribution in [1.82, 2.24) is 4.98 Å². The molecule has 0 unspecified atom stereocenters. The van der Waals surface area contributed by atoms with Gasteiger partial charge < -0.3 is 4.42 Å². The van der Waals surface area contributed by atoms with Crippen molar-refractivity contribution < 1.29 is 23.9 Å². The van der Waals surface area contributed by atoms with Gasteiger partial charge in [0.1, 0.15) is 6.26 Å². The first kappa shape index (κ1) is 14.3. The van der Waals surface area contributed by atoms with Crippen LogP contribution in [0.15, 0.2) is 83.9 Å². The van der Waals surface area contributed by atoms with Gasteiger partial charge in [0.05, 0.1) is 6.20 Å². The van der Waals surface area contributed by atoms with E-state index in [1.54, 1.807) is 6.20 Å². The van der Waals surface area contributed by atoms with Crippen LogP contribution in [0, 0.1) is 0 Å². The number of hydrogen-bond donors (Lipinski definition) is 0. The van der Waals surface area contributed by atoms with Crippen LogP contribution >= 0.6 is 0 Å². The van der Waals surface area contributed by atoms with Crippen LogP contribution in [0.3, 0.4) is 0 Å². The Hall–Kier alpha value is -1.73. The van der Waals surface area contributed by atoms with E-state index in [0.717, 1.165) is 0 Å². The van der Waals surface area contributed by atoms with E-state index in [-0.39, 0.29) is 19.5 Å². The number of aromatic nitrogens is 1. The Balaban J connectivity index is 0.000000230. The quantitative estimate of drug-likeness (QED) is 0.632. The van der Waals surface area contributed by atoms with Crippen LogP contribution in [0.4, 0.5) is 0 Å². The van der Waals surface area contributed by atoms with Crippen LogP contribution in [0.5, 0.6) is 0 Å². The fraction of sp³-hybridized carbons (Fsp3) is 0. The van der Waals surface area contributed by atoms with Gasteiger partial charge in [0, 0.05) is 19.5 Å². The maximum atomic E-state index is 4.47. The summed E-state index contributed by atoms with van der Waals surface area (Å²) in [5, 5.41) is 0. The van der Waals surface area contributed by atoms with Gasteiger partial charge in [0.2, 0.25) is 0 Å². The summed E-state index contributed by atoms with van der Waals surface area (Å²) in [4.78, 5) is 3.56. The van der Waals surface area contributed by atoms with Gasteiger partial charge in [-0.05, 0) is 11.1 Å². The largest absolute Gasteiger partial charge is 0.452 e. The molecule has 0 aliphatic heterocycles. The average Bonchev–Trinajstić information content (AvgIpc) is 3.00. The number of hydrogen-bond acceptors (Lipinski definition) is 2. The molecule has 1 aromatic heterocycles. The Morgan fingerprint density at radius 1 is 0.722 bits per heavy atom. The van der Waals surface area contributed by atoms with Crippen molar-refractivity contribution in [2.24, 2.45) is 0 Å². The van der Waals surface area contributed by atoms with Crippen molar-refractivity contribution >= 4 is 0 Å². The first-order valence-electron chi connectivity index (χ1n) is 5.39. The molecule has 0 aliphatic rings. The minimum absolute atomic E-state index is 0. The van der Waals surface area contributed by atoms with Crippen LogP contribution in [0.1, 0.15) is 0 Å². The Bertz CT molecular complexity index is 454. The van der Waals surface area contributed by atoms with Crippen LogP contribution in [-0.2, 0) is 19.5 Å². The fourth-order valence-electron chi connectivity index (χ4n) is 1.44. The van der Waals surface area contributed by atoms with E-state index < -0.39 is 0 Å². The second-order valence-corrected chi connectivity index (χ2v) is 3.41. The molecular formula is C15H13NORu. The zero-order valence-corrected chi connectivity index (χ0v) is 11.5. The van der Waals surface area contributed by atoms with Crippen molar-refractivity contribution in [3.05, 3.63) is 79.5 Å². The fourth-order valence-corrected chi connectivity index (χ4v) is 1.44. The van der Waals surface area contributed by atoms with Crippen LogP contribution in [-0.4, -0.2) is 4.98 Å². The predicted octanol–water partition coefficient (Wildman–Crippen LogP) is 4.03. The molecule has 0 atom stereocenters. The zero-order chi connectivity index (χ0) is 11.8. The molecule has 18 heavy (non-hydrogen) atoms. The summed E-state index contributed by atoms with van der Waals surface area (Å²) in [5.74, 6) is 0. The maximum absolute atomic E-state index is 4.47. The molecule has 0 radical (unpaired) electrons. The van der Waals surface area contributed by atoms with Gasteiger partial charge in [-0.1, -0.05) is 60.7 Å². The molecule has 92 valence electrons. The minimum atomic E-state index is 0. The Morgan fingerprint density at radius 2 is 1.22 bits per heavy atom. The van der Waals surface area contributed by atoms with E-state index in [1.807, 2.05) is 12.1 Å². The third-order valence-corrected chi connectivity index (χ3v) is 2.23. The normalized spacial score (nSPS) is 8.67. The molecule has 0 saturated heterocycles. The Kier molecular flexibility index (Phi) is 6.67. The van der Waals surface area contributed by atoms with Crippen molar-refractivity contribution in [3.8, 4) is 11.1 Å². The topological polar surface area (TPSA) is 26.0 Å². The molecule has 2 aromatic carbocycles. The van der Waals surface area contributed by atoms with Crippen LogP contribution < -0.4 is 0 Å². The van der Waals surface area contributed by atoms with Crippen molar-refractivity contribution in [3.63, 3.8) is 0 Å². The van der Waals surface area contributed by atoms with E-state index in [4.69, 9.17) is 0 Å². The third kappa shape index (κ3) is 4.64. The summed E-state index contributed by atoms with van der Waals surface area (Å²) >= 11 is 0. The van der Waals surface area contributed by atoms with Crippen LogP contribution in [0.25, 0.3) is 11.1 Å². The van der Waals surface area contributed by atoms with Gasteiger partial charge in [-0.2, -0.15) is 0 Å². The number of nitrogens with zero attached hydrogens (tertiary/aromatic N) is 1. The summed E-state index contributed by atoms with van der Waals surface area (Å²) in [5.41, 5.74) is 2.55. The van der Waals surface area contributed by atoms with Crippen molar-refractivity contribution in [2.75, 3.05) is 0 Å². The summed E-state index contributed by atoms with van der Waals surface area (Å²) in [6.45, 7) is 0. The monoisotopic (exact) mass is 325 g/mol. The summed E-state index contributed by atoms with van der Waals surface area (Å²) in [6.07, 6.45) is 4.47. The van der Waals surface area contributed by atoms with Gasteiger partial charge in [-0.3, -0.25) is 0 Å². The first-order valence-corrected chi connectivity index (χ1v) is 5.39.